The van der Waals surface area contributed by atoms with Gasteiger partial charge >= 0.3 is 12.4 Å². The van der Waals surface area contributed by atoms with Gasteiger partial charge in [-0.2, -0.15) is 36.2 Å². The van der Waals surface area contributed by atoms with Gasteiger partial charge in [0.05, 0.1) is 49.1 Å². The molecule has 18 heteroatoms. The predicted octanol–water partition coefficient (Wildman–Crippen LogP) is 5.48. The number of nitrogens with zero attached hydrogens (tertiary/aromatic N) is 6. The van der Waals surface area contributed by atoms with E-state index in [1.165, 1.54) is 4.40 Å². The molecule has 2 N–H and O–H groups in total. The van der Waals surface area contributed by atoms with Crippen molar-refractivity contribution in [1.29, 1.82) is 0 Å². The fourth-order valence-electron chi connectivity index (χ4n) is 5.37. The molecule has 0 aliphatic heterocycles. The molecule has 10 nitrogen and oxygen atoms in total. The normalized spacial score (nSPS) is 18.9. The van der Waals surface area contributed by atoms with E-state index in [1.54, 1.807) is 18.5 Å². The molecule has 0 saturated heterocycles. The molecular formula is C27H30F8N8O2. The van der Waals surface area contributed by atoms with Crippen LogP contribution in [-0.4, -0.2) is 59.5 Å². The van der Waals surface area contributed by atoms with Crippen molar-refractivity contribution >= 4 is 17.6 Å². The molecule has 0 spiro atoms. The second-order valence-electron chi connectivity index (χ2n) is 11.6. The number of aryl methyl sites for hydroxylation is 1. The minimum Gasteiger partial charge on any atom is -0.347 e. The van der Waals surface area contributed by atoms with E-state index in [1.807, 2.05) is 0 Å². The van der Waals surface area contributed by atoms with Crippen LogP contribution in [0.1, 0.15) is 91.7 Å². The van der Waals surface area contributed by atoms with Gasteiger partial charge in [0.15, 0.2) is 5.69 Å². The van der Waals surface area contributed by atoms with Gasteiger partial charge in [-0.1, -0.05) is 0 Å². The van der Waals surface area contributed by atoms with E-state index >= 15 is 0 Å². The maximum absolute atomic E-state index is 14.0. The summed E-state index contributed by atoms with van der Waals surface area (Å²) in [5, 5.41) is 12.9. The number of fused-ring (bicyclic) bond motifs is 1. The summed E-state index contributed by atoms with van der Waals surface area (Å²) < 4.78 is 105. The van der Waals surface area contributed by atoms with Crippen molar-refractivity contribution in [3.05, 3.63) is 41.7 Å². The van der Waals surface area contributed by atoms with Crippen LogP contribution in [0.15, 0.2) is 24.7 Å². The maximum atomic E-state index is 14.0. The van der Waals surface area contributed by atoms with Crippen LogP contribution in [0.4, 0.5) is 35.1 Å². The summed E-state index contributed by atoms with van der Waals surface area (Å²) in [6.07, 6.45) is -7.16. The Bertz CT molecular complexity index is 1500. The molecule has 0 radical (unpaired) electrons. The van der Waals surface area contributed by atoms with Crippen LogP contribution in [0.2, 0.25) is 0 Å². The highest BCUT2D eigenvalue weighted by molar-refractivity contribution is 5.92. The van der Waals surface area contributed by atoms with Crippen LogP contribution >= 0.6 is 0 Å². The van der Waals surface area contributed by atoms with Crippen LogP contribution < -0.4 is 10.6 Å². The maximum Gasteiger partial charge on any atom is 0.390 e. The molecule has 246 valence electrons. The molecule has 2 fully saturated rings. The fraction of sp³-hybridized carbons (Fsp3) is 0.630. The first kappa shape index (κ1) is 32.5. The largest absolute Gasteiger partial charge is 0.390 e. The van der Waals surface area contributed by atoms with Gasteiger partial charge in [-0.3, -0.25) is 14.0 Å². The molecule has 5 rings (SSSR count). The molecule has 2 saturated carbocycles. The van der Waals surface area contributed by atoms with Gasteiger partial charge in [0.2, 0.25) is 17.6 Å². The molecule has 2 aliphatic rings. The van der Waals surface area contributed by atoms with Gasteiger partial charge in [-0.05, 0) is 43.6 Å². The fourth-order valence-corrected chi connectivity index (χ4v) is 5.37. The van der Waals surface area contributed by atoms with Crippen molar-refractivity contribution in [2.24, 2.45) is 11.8 Å². The van der Waals surface area contributed by atoms with Crippen LogP contribution in [0.25, 0.3) is 5.78 Å². The van der Waals surface area contributed by atoms with Gasteiger partial charge < -0.3 is 10.6 Å². The second kappa shape index (κ2) is 12.5. The van der Waals surface area contributed by atoms with Crippen molar-refractivity contribution in [3.63, 3.8) is 0 Å². The highest BCUT2D eigenvalue weighted by atomic mass is 19.4. The lowest BCUT2D eigenvalue weighted by molar-refractivity contribution is -0.144. The minimum absolute atomic E-state index is 0.00953. The first-order chi connectivity index (χ1) is 21.1. The number of rotatable bonds is 11. The zero-order valence-corrected chi connectivity index (χ0v) is 23.7. The molecule has 3 heterocycles. The number of imidazole rings is 1. The van der Waals surface area contributed by atoms with E-state index in [-0.39, 0.29) is 35.9 Å². The monoisotopic (exact) mass is 650 g/mol. The van der Waals surface area contributed by atoms with Crippen LogP contribution in [0, 0.1) is 11.8 Å². The number of alkyl halides is 8. The molecule has 2 atom stereocenters. The Hall–Kier alpha value is -3.86. The van der Waals surface area contributed by atoms with Crippen molar-refractivity contribution in [2.45, 2.75) is 94.7 Å². The number of nitrogens with one attached hydrogen (secondary N) is 2. The van der Waals surface area contributed by atoms with Gasteiger partial charge in [-0.15, -0.1) is 5.10 Å². The summed E-state index contributed by atoms with van der Waals surface area (Å²) in [6.45, 7) is -0.594. The Morgan fingerprint density at radius 1 is 0.911 bits per heavy atom. The Morgan fingerprint density at radius 2 is 1.53 bits per heavy atom. The van der Waals surface area contributed by atoms with E-state index < -0.39 is 86.7 Å². The average Bonchev–Trinajstić information content (AvgIpc) is 3.52. The lowest BCUT2D eigenvalue weighted by Gasteiger charge is -2.33. The zero-order valence-electron chi connectivity index (χ0n) is 23.7. The average molecular weight is 651 g/mol. The van der Waals surface area contributed by atoms with E-state index in [0.29, 0.717) is 5.69 Å². The Morgan fingerprint density at radius 3 is 2.18 bits per heavy atom. The quantitative estimate of drug-likeness (QED) is 0.266. The van der Waals surface area contributed by atoms with Crippen LogP contribution in [0.3, 0.4) is 0 Å². The van der Waals surface area contributed by atoms with E-state index in [2.05, 4.69) is 30.8 Å². The lowest BCUT2D eigenvalue weighted by Crippen LogP contribution is -2.37. The number of carbonyl (C=O) groups excluding carboxylic acids is 2. The SMILES string of the molecule is O=C(CCC(F)(F)F)N[C@@H](c1ccn2cc([C@@H](NC(=O)c3cnn(CCC(F)(F)F)n3)C3CCC(F)(F)CC3)nc2n1)C1CC1. The number of hydrogen-bond acceptors (Lipinski definition) is 6. The van der Waals surface area contributed by atoms with Crippen molar-refractivity contribution < 1.29 is 44.7 Å². The summed E-state index contributed by atoms with van der Waals surface area (Å²) in [5.74, 6) is -4.73. The number of amides is 2. The standard InChI is InChI=1S/C27H30F8N8O2/c28-25(29)7-3-16(4-8-25)22(40-23(45)18-13-36-43(41-18)12-10-27(33,34)35)19-14-42-11-6-17(37-24(42)38-19)21(15-1-2-15)39-20(44)5-9-26(30,31)32/h6,11,13-16,21-22H,1-5,7-10,12H2,(H,39,44)(H,40,45)/t21-,22+/m1/s1. The van der Waals surface area contributed by atoms with E-state index in [4.69, 9.17) is 0 Å². The lowest BCUT2D eigenvalue weighted by atomic mass is 9.81. The minimum atomic E-state index is -4.47. The number of halogens is 8. The molecule has 0 unspecified atom stereocenters. The van der Waals surface area contributed by atoms with Crippen LogP contribution in [0.5, 0.6) is 0 Å². The summed E-state index contributed by atoms with van der Waals surface area (Å²) in [6, 6.07) is 0.0757. The third-order valence-electron chi connectivity index (χ3n) is 7.93. The van der Waals surface area contributed by atoms with Crippen molar-refractivity contribution in [1.82, 2.24) is 40.0 Å². The predicted molar refractivity (Wildman–Crippen MR) is 140 cm³/mol. The molecule has 2 aliphatic carbocycles. The first-order valence-electron chi connectivity index (χ1n) is 14.4. The number of carbonyl (C=O) groups is 2. The van der Waals surface area contributed by atoms with E-state index in [0.717, 1.165) is 23.8 Å². The summed E-state index contributed by atoms with van der Waals surface area (Å²) in [4.78, 5) is 35.2. The summed E-state index contributed by atoms with van der Waals surface area (Å²) in [7, 11) is 0. The van der Waals surface area contributed by atoms with Gasteiger partial charge in [0.25, 0.3) is 5.91 Å². The topological polar surface area (TPSA) is 119 Å². The zero-order chi connectivity index (χ0) is 32.6. The van der Waals surface area contributed by atoms with Gasteiger partial charge in [0.1, 0.15) is 0 Å². The molecule has 0 aromatic carbocycles. The summed E-state index contributed by atoms with van der Waals surface area (Å²) >= 11 is 0. The van der Waals surface area contributed by atoms with E-state index in [9.17, 15) is 44.7 Å². The Labute approximate surface area is 251 Å². The molecule has 0 bridgehead atoms. The highest BCUT2D eigenvalue weighted by Crippen LogP contribution is 2.42. The molecule has 3 aromatic heterocycles. The van der Waals surface area contributed by atoms with Gasteiger partial charge in [-0.25, -0.2) is 18.7 Å². The third-order valence-corrected chi connectivity index (χ3v) is 7.93. The highest BCUT2D eigenvalue weighted by Gasteiger charge is 2.40. The Kier molecular flexibility index (Phi) is 9.04. The molecule has 45 heavy (non-hydrogen) atoms. The third kappa shape index (κ3) is 8.87. The van der Waals surface area contributed by atoms with Crippen LogP contribution in [-0.2, 0) is 11.3 Å². The Balaban J connectivity index is 1.36. The van der Waals surface area contributed by atoms with Gasteiger partial charge in [0, 0.05) is 31.7 Å². The number of aromatic nitrogens is 6. The van der Waals surface area contributed by atoms with Crippen molar-refractivity contribution in [3.8, 4) is 0 Å². The molecule has 2 amide bonds. The second-order valence-corrected chi connectivity index (χ2v) is 11.6. The smallest absolute Gasteiger partial charge is 0.347 e. The van der Waals surface area contributed by atoms with Crippen molar-refractivity contribution in [2.75, 3.05) is 0 Å². The molecule has 3 aromatic rings. The number of hydrogen-bond donors (Lipinski definition) is 2. The molecular weight excluding hydrogens is 620 g/mol. The summed E-state index contributed by atoms with van der Waals surface area (Å²) in [5.41, 5.74) is 0.404. The first-order valence-corrected chi connectivity index (χ1v) is 14.4.